The molecule has 168 valence electrons. The molecule has 4 aromatic rings. The first kappa shape index (κ1) is 22.0. The molecule has 2 heterocycles. The van der Waals surface area contributed by atoms with Crippen LogP contribution in [0.3, 0.4) is 0 Å². The molecule has 0 aliphatic heterocycles. The van der Waals surface area contributed by atoms with Gasteiger partial charge in [-0.3, -0.25) is 9.48 Å². The molecule has 0 fully saturated rings. The van der Waals surface area contributed by atoms with E-state index in [2.05, 4.69) is 15.5 Å². The van der Waals surface area contributed by atoms with E-state index in [1.54, 1.807) is 36.3 Å². The quantitative estimate of drug-likeness (QED) is 0.455. The van der Waals surface area contributed by atoms with Crippen molar-refractivity contribution in [2.75, 3.05) is 11.9 Å². The summed E-state index contributed by atoms with van der Waals surface area (Å²) in [4.78, 5) is 25.1. The SMILES string of the molecule is Cc1ccc(-c2cc(NC(=O)COC(=O)c3c(C)nn(C)c3C)n(-c3ccccc3)n2)cc1. The van der Waals surface area contributed by atoms with Crippen molar-refractivity contribution in [3.05, 3.63) is 83.2 Å². The third-order valence-corrected chi connectivity index (χ3v) is 5.37. The van der Waals surface area contributed by atoms with E-state index in [0.717, 1.165) is 16.8 Å². The fraction of sp³-hybridized carbons (Fsp3) is 0.200. The fourth-order valence-corrected chi connectivity index (χ4v) is 3.55. The first-order chi connectivity index (χ1) is 15.8. The molecule has 8 heteroatoms. The molecule has 0 saturated heterocycles. The van der Waals surface area contributed by atoms with Crippen LogP contribution in [-0.2, 0) is 16.6 Å². The van der Waals surface area contributed by atoms with Crippen molar-refractivity contribution in [3.63, 3.8) is 0 Å². The lowest BCUT2D eigenvalue weighted by Gasteiger charge is -2.09. The number of aromatic nitrogens is 4. The minimum absolute atomic E-state index is 0.376. The summed E-state index contributed by atoms with van der Waals surface area (Å²) in [5, 5.41) is 11.7. The van der Waals surface area contributed by atoms with Crippen LogP contribution >= 0.6 is 0 Å². The molecule has 0 unspecified atom stereocenters. The van der Waals surface area contributed by atoms with Crippen molar-refractivity contribution >= 4 is 17.7 Å². The lowest BCUT2D eigenvalue weighted by atomic mass is 10.1. The highest BCUT2D eigenvalue weighted by molar-refractivity contribution is 5.96. The molecule has 2 aromatic heterocycles. The van der Waals surface area contributed by atoms with E-state index < -0.39 is 18.5 Å². The van der Waals surface area contributed by atoms with Gasteiger partial charge in [0, 0.05) is 24.4 Å². The van der Waals surface area contributed by atoms with Crippen LogP contribution in [0.4, 0.5) is 5.82 Å². The van der Waals surface area contributed by atoms with Crippen LogP contribution in [0.15, 0.2) is 60.7 Å². The van der Waals surface area contributed by atoms with Crippen molar-refractivity contribution in [2.45, 2.75) is 20.8 Å². The third kappa shape index (κ3) is 4.69. The lowest BCUT2D eigenvalue weighted by Crippen LogP contribution is -2.22. The number of esters is 1. The van der Waals surface area contributed by atoms with E-state index in [-0.39, 0.29) is 0 Å². The Hall–Kier alpha value is -4.20. The van der Waals surface area contributed by atoms with Crippen LogP contribution in [0, 0.1) is 20.8 Å². The maximum absolute atomic E-state index is 12.6. The lowest BCUT2D eigenvalue weighted by molar-refractivity contribution is -0.119. The number of hydrogen-bond donors (Lipinski definition) is 1. The Labute approximate surface area is 191 Å². The summed E-state index contributed by atoms with van der Waals surface area (Å²) in [6.45, 7) is 5.11. The van der Waals surface area contributed by atoms with Crippen molar-refractivity contribution < 1.29 is 14.3 Å². The van der Waals surface area contributed by atoms with Gasteiger partial charge in [-0.2, -0.15) is 10.2 Å². The summed E-state index contributed by atoms with van der Waals surface area (Å²) in [6.07, 6.45) is 0. The van der Waals surface area contributed by atoms with Gasteiger partial charge in [0.2, 0.25) is 0 Å². The molecule has 0 spiro atoms. The molecule has 0 bridgehead atoms. The second-order valence-corrected chi connectivity index (χ2v) is 7.82. The van der Waals surface area contributed by atoms with Gasteiger partial charge in [0.05, 0.1) is 17.1 Å². The highest BCUT2D eigenvalue weighted by Gasteiger charge is 2.20. The van der Waals surface area contributed by atoms with Crippen molar-refractivity contribution in [3.8, 4) is 16.9 Å². The van der Waals surface area contributed by atoms with Crippen LogP contribution < -0.4 is 5.32 Å². The van der Waals surface area contributed by atoms with E-state index in [1.165, 1.54) is 0 Å². The van der Waals surface area contributed by atoms with Crippen LogP contribution in [0.5, 0.6) is 0 Å². The fourth-order valence-electron chi connectivity index (χ4n) is 3.55. The highest BCUT2D eigenvalue weighted by atomic mass is 16.5. The Bertz CT molecular complexity index is 1300. The number of benzene rings is 2. The van der Waals surface area contributed by atoms with Crippen molar-refractivity contribution in [1.29, 1.82) is 0 Å². The number of rotatable bonds is 6. The van der Waals surface area contributed by atoms with Crippen LogP contribution in [0.25, 0.3) is 16.9 Å². The molecule has 4 rings (SSSR count). The van der Waals surface area contributed by atoms with E-state index in [9.17, 15) is 9.59 Å². The molecule has 0 radical (unpaired) electrons. The topological polar surface area (TPSA) is 91.0 Å². The summed E-state index contributed by atoms with van der Waals surface area (Å²) in [6, 6.07) is 19.3. The first-order valence-corrected chi connectivity index (χ1v) is 10.5. The predicted octanol–water partition coefficient (Wildman–Crippen LogP) is 3.99. The second-order valence-electron chi connectivity index (χ2n) is 7.82. The van der Waals surface area contributed by atoms with Gasteiger partial charge in [-0.05, 0) is 32.9 Å². The average molecular weight is 444 g/mol. The Balaban J connectivity index is 1.54. The molecule has 0 saturated carbocycles. The standard InChI is InChI=1S/C25H25N5O3/c1-16-10-12-19(13-11-16)21-14-22(30(28-21)20-8-6-5-7-9-20)26-23(31)15-33-25(32)24-17(2)27-29(4)18(24)3/h5-14H,15H2,1-4H3,(H,26,31). The first-order valence-electron chi connectivity index (χ1n) is 10.5. The smallest absolute Gasteiger partial charge is 0.342 e. The molecule has 1 N–H and O–H groups in total. The monoisotopic (exact) mass is 443 g/mol. The van der Waals surface area contributed by atoms with E-state index in [4.69, 9.17) is 4.74 Å². The number of aryl methyl sites for hydroxylation is 3. The van der Waals surface area contributed by atoms with Crippen molar-refractivity contribution in [2.24, 2.45) is 7.05 Å². The number of anilines is 1. The zero-order valence-corrected chi connectivity index (χ0v) is 19.0. The maximum atomic E-state index is 12.6. The number of carbonyl (C=O) groups is 2. The molecule has 0 aliphatic carbocycles. The molecule has 0 atom stereocenters. The number of nitrogens with one attached hydrogen (secondary N) is 1. The van der Waals surface area contributed by atoms with E-state index in [0.29, 0.717) is 28.5 Å². The minimum atomic E-state index is -0.579. The molecular weight excluding hydrogens is 418 g/mol. The second kappa shape index (κ2) is 9.12. The zero-order chi connectivity index (χ0) is 23.5. The summed E-state index contributed by atoms with van der Waals surface area (Å²) in [5.41, 5.74) is 5.21. The molecule has 2 aromatic carbocycles. The van der Waals surface area contributed by atoms with E-state index in [1.807, 2.05) is 61.5 Å². The van der Waals surface area contributed by atoms with Gasteiger partial charge in [0.15, 0.2) is 6.61 Å². The maximum Gasteiger partial charge on any atom is 0.342 e. The number of hydrogen-bond acceptors (Lipinski definition) is 5. The number of para-hydroxylation sites is 1. The Morgan fingerprint density at radius 1 is 0.970 bits per heavy atom. The molecular formula is C25H25N5O3. The normalized spacial score (nSPS) is 10.8. The van der Waals surface area contributed by atoms with Crippen molar-refractivity contribution in [1.82, 2.24) is 19.6 Å². The molecule has 8 nitrogen and oxygen atoms in total. The Kier molecular flexibility index (Phi) is 6.08. The summed E-state index contributed by atoms with van der Waals surface area (Å²) in [5.74, 6) is -0.563. The number of ether oxygens (including phenoxy) is 1. The van der Waals surface area contributed by atoms with Gasteiger partial charge in [0.25, 0.3) is 5.91 Å². The molecule has 33 heavy (non-hydrogen) atoms. The van der Waals surface area contributed by atoms with E-state index >= 15 is 0 Å². The average Bonchev–Trinajstić information content (AvgIpc) is 3.33. The van der Waals surface area contributed by atoms with Gasteiger partial charge in [-0.1, -0.05) is 48.0 Å². The number of carbonyl (C=O) groups excluding carboxylic acids is 2. The number of nitrogens with zero attached hydrogens (tertiary/aromatic N) is 4. The highest BCUT2D eigenvalue weighted by Crippen LogP contribution is 2.25. The minimum Gasteiger partial charge on any atom is -0.452 e. The summed E-state index contributed by atoms with van der Waals surface area (Å²) >= 11 is 0. The van der Waals surface area contributed by atoms with Crippen LogP contribution in [0.1, 0.15) is 27.3 Å². The third-order valence-electron chi connectivity index (χ3n) is 5.37. The van der Waals surface area contributed by atoms with Gasteiger partial charge in [-0.25, -0.2) is 9.48 Å². The molecule has 1 amide bonds. The van der Waals surface area contributed by atoms with Crippen LogP contribution in [0.2, 0.25) is 0 Å². The predicted molar refractivity (Wildman–Crippen MR) is 125 cm³/mol. The molecule has 0 aliphatic rings. The van der Waals surface area contributed by atoms with Gasteiger partial charge in [-0.15, -0.1) is 0 Å². The zero-order valence-electron chi connectivity index (χ0n) is 19.0. The summed E-state index contributed by atoms with van der Waals surface area (Å²) in [7, 11) is 1.75. The summed E-state index contributed by atoms with van der Waals surface area (Å²) < 4.78 is 8.52. The van der Waals surface area contributed by atoms with Gasteiger partial charge >= 0.3 is 5.97 Å². The van der Waals surface area contributed by atoms with Gasteiger partial charge < -0.3 is 10.1 Å². The largest absolute Gasteiger partial charge is 0.452 e. The van der Waals surface area contributed by atoms with Gasteiger partial charge in [0.1, 0.15) is 11.4 Å². The Morgan fingerprint density at radius 3 is 2.30 bits per heavy atom. The Morgan fingerprint density at radius 2 is 1.67 bits per heavy atom. The number of amides is 1. The van der Waals surface area contributed by atoms with Crippen LogP contribution in [-0.4, -0.2) is 38.0 Å².